The summed E-state index contributed by atoms with van der Waals surface area (Å²) in [7, 11) is 0. The minimum absolute atomic E-state index is 0.196. The summed E-state index contributed by atoms with van der Waals surface area (Å²) in [6.45, 7) is 5.52. The smallest absolute Gasteiger partial charge is 0.244 e. The Hall–Kier alpha value is -2.66. The number of aromatic nitrogens is 2. The van der Waals surface area contributed by atoms with Gasteiger partial charge in [0, 0.05) is 37.0 Å². The summed E-state index contributed by atoms with van der Waals surface area (Å²) in [5, 5.41) is 5.52. The van der Waals surface area contributed by atoms with Crippen molar-refractivity contribution >= 4 is 16.8 Å². The van der Waals surface area contributed by atoms with Crippen LogP contribution >= 0.6 is 0 Å². The van der Waals surface area contributed by atoms with E-state index in [2.05, 4.69) is 45.2 Å². The lowest BCUT2D eigenvalue weighted by Crippen LogP contribution is -2.46. The molecular weight excluding hydrogens is 372 g/mol. The van der Waals surface area contributed by atoms with Gasteiger partial charge in [0.05, 0.1) is 11.7 Å². The number of hydrogen-bond acceptors (Lipinski definition) is 3. The highest BCUT2D eigenvalue weighted by atomic mass is 16.2. The topological polar surface area (TPSA) is 41.4 Å². The Bertz CT molecular complexity index is 1010. The molecule has 1 atom stereocenters. The molecule has 2 aromatic carbocycles. The predicted octanol–water partition coefficient (Wildman–Crippen LogP) is 3.59. The van der Waals surface area contributed by atoms with Crippen LogP contribution in [0.1, 0.15) is 24.8 Å². The maximum atomic E-state index is 13.0. The lowest BCUT2D eigenvalue weighted by Gasteiger charge is -2.40. The van der Waals surface area contributed by atoms with Gasteiger partial charge in [-0.3, -0.25) is 9.48 Å². The number of benzene rings is 2. The van der Waals surface area contributed by atoms with E-state index in [-0.39, 0.29) is 11.3 Å². The lowest BCUT2D eigenvalue weighted by atomic mass is 9.79. The van der Waals surface area contributed by atoms with Crippen molar-refractivity contribution in [3.05, 3.63) is 66.4 Å². The monoisotopic (exact) mass is 402 g/mol. The van der Waals surface area contributed by atoms with Gasteiger partial charge in [0.2, 0.25) is 5.91 Å². The lowest BCUT2D eigenvalue weighted by molar-refractivity contribution is -0.131. The van der Waals surface area contributed by atoms with Crippen LogP contribution in [0.25, 0.3) is 10.9 Å². The molecule has 5 rings (SSSR count). The van der Waals surface area contributed by atoms with E-state index in [1.807, 2.05) is 35.1 Å². The van der Waals surface area contributed by atoms with E-state index in [1.54, 1.807) is 0 Å². The number of rotatable bonds is 5. The van der Waals surface area contributed by atoms with Crippen LogP contribution < -0.4 is 0 Å². The van der Waals surface area contributed by atoms with Crippen LogP contribution in [0.15, 0.2) is 60.8 Å². The molecule has 2 fully saturated rings. The summed E-state index contributed by atoms with van der Waals surface area (Å²) in [6.07, 6.45) is 6.55. The van der Waals surface area contributed by atoms with Gasteiger partial charge in [-0.25, -0.2) is 0 Å². The average Bonchev–Trinajstić information content (AvgIpc) is 3.38. The van der Waals surface area contributed by atoms with Gasteiger partial charge >= 0.3 is 0 Å². The third-order valence-corrected chi connectivity index (χ3v) is 6.93. The van der Waals surface area contributed by atoms with Crippen molar-refractivity contribution in [3.63, 3.8) is 0 Å². The van der Waals surface area contributed by atoms with E-state index in [1.165, 1.54) is 24.9 Å². The number of carbonyl (C=O) groups is 1. The molecule has 5 heteroatoms. The average molecular weight is 403 g/mol. The molecular formula is C25H30N4O. The number of fused-ring (bicyclic) bond motifs is 1. The molecule has 30 heavy (non-hydrogen) atoms. The zero-order valence-corrected chi connectivity index (χ0v) is 17.5. The fraction of sp³-hybridized carbons (Fsp3) is 0.440. The van der Waals surface area contributed by atoms with Gasteiger partial charge in [0.15, 0.2) is 0 Å². The summed E-state index contributed by atoms with van der Waals surface area (Å²) >= 11 is 0. The molecule has 0 radical (unpaired) electrons. The summed E-state index contributed by atoms with van der Waals surface area (Å²) in [5.41, 5.74) is 2.72. The standard InChI is InChI=1S/C25H30N4O/c30-24(18-29-23-10-5-4-9-22(23)17-26-29)28-16-13-25(20-28)12-6-14-27(19-25)15-11-21-7-2-1-3-8-21/h1-5,7-10,17H,6,11-16,18-20H2. The van der Waals surface area contributed by atoms with Crippen molar-refractivity contribution in [1.29, 1.82) is 0 Å². The maximum absolute atomic E-state index is 13.0. The highest BCUT2D eigenvalue weighted by molar-refractivity contribution is 5.82. The summed E-state index contributed by atoms with van der Waals surface area (Å²) in [4.78, 5) is 17.7. The SMILES string of the molecule is O=C(Cn1ncc2ccccc21)N1CCC2(CCCN(CCc3ccccc3)C2)C1. The molecule has 0 N–H and O–H groups in total. The molecule has 5 nitrogen and oxygen atoms in total. The Kier molecular flexibility index (Phi) is 5.30. The van der Waals surface area contributed by atoms with Gasteiger partial charge in [0.1, 0.15) is 6.54 Å². The third kappa shape index (κ3) is 3.99. The van der Waals surface area contributed by atoms with Crippen LogP contribution in [0.5, 0.6) is 0 Å². The van der Waals surface area contributed by atoms with Crippen LogP contribution in [-0.4, -0.2) is 58.2 Å². The van der Waals surface area contributed by atoms with Crippen LogP contribution in [-0.2, 0) is 17.8 Å². The fourth-order valence-electron chi connectivity index (χ4n) is 5.29. The Labute approximate surface area is 178 Å². The van der Waals surface area contributed by atoms with E-state index in [0.29, 0.717) is 6.54 Å². The van der Waals surface area contributed by atoms with Gasteiger partial charge < -0.3 is 9.80 Å². The van der Waals surface area contributed by atoms with E-state index in [0.717, 1.165) is 49.9 Å². The molecule has 1 unspecified atom stereocenters. The molecule has 3 aromatic rings. The van der Waals surface area contributed by atoms with E-state index in [4.69, 9.17) is 0 Å². The Morgan fingerprint density at radius 1 is 0.967 bits per heavy atom. The van der Waals surface area contributed by atoms with Crippen molar-refractivity contribution < 1.29 is 4.79 Å². The number of carbonyl (C=O) groups excluding carboxylic acids is 1. The normalized spacial score (nSPS) is 22.2. The summed E-state index contributed by atoms with van der Waals surface area (Å²) in [6, 6.07) is 18.8. The van der Waals surface area contributed by atoms with Gasteiger partial charge in [-0.1, -0.05) is 48.5 Å². The predicted molar refractivity (Wildman–Crippen MR) is 119 cm³/mol. The second kappa shape index (κ2) is 8.23. The van der Waals surface area contributed by atoms with E-state index < -0.39 is 0 Å². The van der Waals surface area contributed by atoms with E-state index >= 15 is 0 Å². The van der Waals surface area contributed by atoms with Crippen molar-refractivity contribution in [2.45, 2.75) is 32.2 Å². The van der Waals surface area contributed by atoms with Crippen LogP contribution in [0.2, 0.25) is 0 Å². The number of likely N-dealkylation sites (tertiary alicyclic amines) is 2. The zero-order chi connectivity index (χ0) is 20.4. The molecule has 0 bridgehead atoms. The first-order chi connectivity index (χ1) is 14.7. The largest absolute Gasteiger partial charge is 0.340 e. The number of amides is 1. The van der Waals surface area contributed by atoms with Gasteiger partial charge in [-0.15, -0.1) is 0 Å². The number of nitrogens with zero attached hydrogens (tertiary/aromatic N) is 4. The Morgan fingerprint density at radius 3 is 2.70 bits per heavy atom. The van der Waals surface area contributed by atoms with Crippen molar-refractivity contribution in [2.24, 2.45) is 5.41 Å². The van der Waals surface area contributed by atoms with Gasteiger partial charge in [0.25, 0.3) is 0 Å². The number of para-hydroxylation sites is 1. The van der Waals surface area contributed by atoms with Crippen LogP contribution in [0.4, 0.5) is 0 Å². The molecule has 1 amide bonds. The molecule has 156 valence electrons. The molecule has 0 aliphatic carbocycles. The Morgan fingerprint density at radius 2 is 1.80 bits per heavy atom. The highest BCUT2D eigenvalue weighted by Gasteiger charge is 2.42. The molecule has 3 heterocycles. The maximum Gasteiger partial charge on any atom is 0.244 e. The molecule has 0 saturated carbocycles. The number of piperidine rings is 1. The first-order valence-electron chi connectivity index (χ1n) is 11.2. The second-order valence-electron chi connectivity index (χ2n) is 9.04. The quantitative estimate of drug-likeness (QED) is 0.655. The van der Waals surface area contributed by atoms with Crippen LogP contribution in [0, 0.1) is 5.41 Å². The molecule has 1 aromatic heterocycles. The van der Waals surface area contributed by atoms with Crippen molar-refractivity contribution in [1.82, 2.24) is 19.6 Å². The summed E-state index contributed by atoms with van der Waals surface area (Å²) < 4.78 is 1.84. The first kappa shape index (κ1) is 19.3. The van der Waals surface area contributed by atoms with Crippen LogP contribution in [0.3, 0.4) is 0 Å². The molecule has 2 aliphatic rings. The number of hydrogen-bond donors (Lipinski definition) is 0. The second-order valence-corrected chi connectivity index (χ2v) is 9.04. The third-order valence-electron chi connectivity index (χ3n) is 6.93. The van der Waals surface area contributed by atoms with Crippen molar-refractivity contribution in [2.75, 3.05) is 32.7 Å². The minimum Gasteiger partial charge on any atom is -0.340 e. The molecule has 2 saturated heterocycles. The molecule has 1 spiro atoms. The zero-order valence-electron chi connectivity index (χ0n) is 17.5. The first-order valence-corrected chi connectivity index (χ1v) is 11.2. The van der Waals surface area contributed by atoms with Gasteiger partial charge in [-0.05, 0) is 43.9 Å². The van der Waals surface area contributed by atoms with E-state index in [9.17, 15) is 4.79 Å². The minimum atomic E-state index is 0.196. The Balaban J connectivity index is 1.19. The highest BCUT2D eigenvalue weighted by Crippen LogP contribution is 2.39. The molecule has 2 aliphatic heterocycles. The van der Waals surface area contributed by atoms with Gasteiger partial charge in [-0.2, -0.15) is 5.10 Å². The van der Waals surface area contributed by atoms with Crippen molar-refractivity contribution in [3.8, 4) is 0 Å². The fourth-order valence-corrected chi connectivity index (χ4v) is 5.29. The summed E-state index contributed by atoms with van der Waals surface area (Å²) in [5.74, 6) is 0.196.